The van der Waals surface area contributed by atoms with Crippen molar-refractivity contribution in [2.24, 2.45) is 5.92 Å². The number of carbonyl (C=O) groups excluding carboxylic acids is 4. The number of hydrogen-bond acceptors (Lipinski definition) is 9. The number of amides is 2. The number of nitrogens with one attached hydrogen (secondary N) is 2. The second kappa shape index (κ2) is 22.9. The molecule has 4 N–H and O–H groups in total. The molecular formula is C43H48N4Na2O9S. The van der Waals surface area contributed by atoms with E-state index in [1.165, 1.54) is 40.7 Å². The third kappa shape index (κ3) is 12.7. The topological polar surface area (TPSA) is 211 Å². The van der Waals surface area contributed by atoms with Crippen molar-refractivity contribution in [2.45, 2.75) is 75.6 Å². The number of aromatic carboxylic acids is 1. The minimum Gasteiger partial charge on any atom is -0.550 e. The Kier molecular flexibility index (Phi) is 19.3. The number of hydrogen-bond donors (Lipinski definition) is 2. The number of aryl methyl sites for hydroxylation is 2. The molecule has 6 rings (SSSR count). The number of nitrogens with zero attached hydrogens (tertiary/aromatic N) is 2. The van der Waals surface area contributed by atoms with Crippen LogP contribution >= 0.6 is 0 Å². The minimum atomic E-state index is -4.02. The molecule has 1 saturated heterocycles. The van der Waals surface area contributed by atoms with E-state index in [1.807, 2.05) is 18.2 Å². The molecule has 4 aromatic rings. The average Bonchev–Trinajstić information content (AvgIpc) is 3.21. The van der Waals surface area contributed by atoms with Crippen molar-refractivity contribution < 1.29 is 102 Å². The van der Waals surface area contributed by atoms with Gasteiger partial charge in [0.25, 0.3) is 11.8 Å². The summed E-state index contributed by atoms with van der Waals surface area (Å²) in [5.41, 5.74) is 4.18. The van der Waals surface area contributed by atoms with Gasteiger partial charge in [0.15, 0.2) is 0 Å². The molecule has 0 atom stereocenters. The summed E-state index contributed by atoms with van der Waals surface area (Å²) in [6.07, 6.45) is 6.09. The molecule has 2 fully saturated rings. The number of rotatable bonds is 14. The number of carboxylic acids is 2. The number of benzene rings is 4. The first-order valence-electron chi connectivity index (χ1n) is 19.2. The fourth-order valence-corrected chi connectivity index (χ4v) is 9.32. The molecular weight excluding hydrogens is 795 g/mol. The van der Waals surface area contributed by atoms with E-state index in [-0.39, 0.29) is 104 Å². The molecule has 1 aliphatic carbocycles. The van der Waals surface area contributed by atoms with Gasteiger partial charge in [-0.15, -0.1) is 0 Å². The second-order valence-electron chi connectivity index (χ2n) is 14.4. The van der Waals surface area contributed by atoms with Crippen LogP contribution in [0.3, 0.4) is 0 Å². The first-order valence-corrected chi connectivity index (χ1v) is 20.6. The molecule has 2 amide bonds. The van der Waals surface area contributed by atoms with Crippen LogP contribution in [0.15, 0.2) is 95.9 Å². The first-order chi connectivity index (χ1) is 26.9. The van der Waals surface area contributed by atoms with E-state index in [4.69, 9.17) is 0 Å². The van der Waals surface area contributed by atoms with Gasteiger partial charge < -0.3 is 40.8 Å². The van der Waals surface area contributed by atoms with Crippen LogP contribution in [0.1, 0.15) is 94.1 Å². The Morgan fingerprint density at radius 1 is 0.729 bits per heavy atom. The third-order valence-corrected chi connectivity index (χ3v) is 12.8. The molecule has 16 heteroatoms. The van der Waals surface area contributed by atoms with Gasteiger partial charge in [0.2, 0.25) is 10.0 Å². The van der Waals surface area contributed by atoms with Gasteiger partial charge in [0.1, 0.15) is 0 Å². The summed E-state index contributed by atoms with van der Waals surface area (Å²) in [5, 5.41) is 28.2. The monoisotopic (exact) mass is 842 g/mol. The third-order valence-electron chi connectivity index (χ3n) is 10.8. The fourth-order valence-electron chi connectivity index (χ4n) is 7.58. The van der Waals surface area contributed by atoms with E-state index in [0.29, 0.717) is 44.2 Å². The zero-order valence-electron chi connectivity index (χ0n) is 33.9. The maximum absolute atomic E-state index is 13.9. The summed E-state index contributed by atoms with van der Waals surface area (Å²) in [6.45, 7) is 3.62. The predicted molar refractivity (Wildman–Crippen MR) is 213 cm³/mol. The molecule has 1 saturated carbocycles. The Hall–Kier alpha value is -3.57. The SMILES string of the molecule is CCN(C1CCC(C(=O)[O-])CC1)S(=O)(=O)c1cccc(C(=O)Nc2ccc(N3CCCCC3)cc2C(=O)Nc2ccc(CCc3ccc(C(=O)[O-])cc3)cc2)c1.O.[Na+].[Na+]. The van der Waals surface area contributed by atoms with Crippen LogP contribution in [-0.2, 0) is 27.7 Å². The zero-order valence-corrected chi connectivity index (χ0v) is 38.7. The van der Waals surface area contributed by atoms with Crippen LogP contribution in [0.25, 0.3) is 0 Å². The molecule has 0 aromatic heterocycles. The number of piperidine rings is 1. The van der Waals surface area contributed by atoms with Crippen molar-refractivity contribution in [1.29, 1.82) is 0 Å². The Morgan fingerprint density at radius 3 is 1.92 bits per heavy atom. The molecule has 1 aliphatic heterocycles. The van der Waals surface area contributed by atoms with Crippen molar-refractivity contribution in [1.82, 2.24) is 4.31 Å². The summed E-state index contributed by atoms with van der Waals surface area (Å²) in [5.74, 6) is -3.93. The number of carboxylic acid groups (broad SMARTS) is 2. The number of anilines is 3. The summed E-state index contributed by atoms with van der Waals surface area (Å²) >= 11 is 0. The van der Waals surface area contributed by atoms with Gasteiger partial charge in [-0.3, -0.25) is 9.59 Å². The molecule has 302 valence electrons. The average molecular weight is 843 g/mol. The standard InChI is InChI=1S/C43H48N4O8S.2Na.H2O/c1-2-47(35-21-17-32(18-22-35)43(52)53)56(54,55)37-8-6-7-33(27-37)40(48)45-39-24-23-36(46-25-4-3-5-26-46)28-38(39)41(49)44-34-19-13-30(14-20-34)10-9-29-11-15-31(16-12-29)42(50)51;;;/h6-8,11-16,19-20,23-24,27-28,32,35H,2-5,9-10,17-18,21-22,25-26H2,1H3,(H,44,49)(H,45,48)(H,50,51)(H,52,53);;;1H2/q;2*+1;/p-2. The number of aliphatic carboxylic acids is 1. The van der Waals surface area contributed by atoms with Crippen LogP contribution < -0.4 is 84.9 Å². The van der Waals surface area contributed by atoms with Gasteiger partial charge in [-0.2, -0.15) is 4.31 Å². The van der Waals surface area contributed by atoms with Crippen LogP contribution in [0.5, 0.6) is 0 Å². The second-order valence-corrected chi connectivity index (χ2v) is 16.3. The van der Waals surface area contributed by atoms with E-state index in [1.54, 1.807) is 43.3 Å². The molecule has 59 heavy (non-hydrogen) atoms. The predicted octanol–water partition coefficient (Wildman–Crippen LogP) is -2.17. The molecule has 0 unspecified atom stereocenters. The van der Waals surface area contributed by atoms with Crippen LogP contribution in [0.2, 0.25) is 0 Å². The Labute approximate surface area is 389 Å². The number of sulfonamides is 1. The molecule has 2 aliphatic rings. The Bertz CT molecular complexity index is 2170. The Balaban J connectivity index is 0.00000310. The summed E-state index contributed by atoms with van der Waals surface area (Å²) in [7, 11) is -4.02. The molecule has 1 heterocycles. The molecule has 0 bridgehead atoms. The van der Waals surface area contributed by atoms with Crippen molar-refractivity contribution >= 4 is 50.8 Å². The van der Waals surface area contributed by atoms with Crippen LogP contribution in [0.4, 0.5) is 17.1 Å². The van der Waals surface area contributed by atoms with Gasteiger partial charge in [-0.1, -0.05) is 49.4 Å². The normalized spacial score (nSPS) is 16.4. The minimum absolute atomic E-state index is 0. The van der Waals surface area contributed by atoms with E-state index < -0.39 is 39.7 Å². The molecule has 4 aromatic carbocycles. The zero-order chi connectivity index (χ0) is 39.8. The molecule has 0 spiro atoms. The fraction of sp³-hybridized carbons (Fsp3) is 0.349. The summed E-state index contributed by atoms with van der Waals surface area (Å²) in [6, 6.07) is 24.8. The van der Waals surface area contributed by atoms with Gasteiger partial charge in [0.05, 0.1) is 22.1 Å². The Morgan fingerprint density at radius 2 is 1.34 bits per heavy atom. The quantitative estimate of drug-likeness (QED) is 0.132. The molecule has 0 radical (unpaired) electrons. The van der Waals surface area contributed by atoms with Crippen molar-refractivity contribution in [3.05, 3.63) is 119 Å². The van der Waals surface area contributed by atoms with Crippen LogP contribution in [0, 0.1) is 5.92 Å². The van der Waals surface area contributed by atoms with Gasteiger partial charge in [-0.05, 0) is 129 Å². The van der Waals surface area contributed by atoms with Crippen LogP contribution in [-0.4, -0.2) is 67.6 Å². The maximum atomic E-state index is 13.9. The van der Waals surface area contributed by atoms with E-state index in [9.17, 15) is 37.8 Å². The van der Waals surface area contributed by atoms with E-state index >= 15 is 0 Å². The van der Waals surface area contributed by atoms with Crippen molar-refractivity contribution in [2.75, 3.05) is 35.2 Å². The summed E-state index contributed by atoms with van der Waals surface area (Å²) < 4.78 is 29.1. The van der Waals surface area contributed by atoms with E-state index in [0.717, 1.165) is 49.2 Å². The van der Waals surface area contributed by atoms with Gasteiger partial charge in [0, 0.05) is 48.6 Å². The van der Waals surface area contributed by atoms with E-state index in [2.05, 4.69) is 15.5 Å². The number of carbonyl (C=O) groups is 4. The van der Waals surface area contributed by atoms with Crippen molar-refractivity contribution in [3.63, 3.8) is 0 Å². The first kappa shape index (κ1) is 49.8. The smallest absolute Gasteiger partial charge is 0.550 e. The van der Waals surface area contributed by atoms with Gasteiger partial charge >= 0.3 is 59.1 Å². The van der Waals surface area contributed by atoms with Crippen molar-refractivity contribution in [3.8, 4) is 0 Å². The van der Waals surface area contributed by atoms with Gasteiger partial charge in [-0.25, -0.2) is 8.42 Å². The summed E-state index contributed by atoms with van der Waals surface area (Å²) in [4.78, 5) is 52.2. The maximum Gasteiger partial charge on any atom is 1.00 e. The largest absolute Gasteiger partial charge is 1.00 e. The molecule has 13 nitrogen and oxygen atoms in total.